The fourth-order valence-corrected chi connectivity index (χ4v) is 4.62. The van der Waals surface area contributed by atoms with Crippen LogP contribution in [0, 0.1) is 0 Å². The van der Waals surface area contributed by atoms with Gasteiger partial charge in [0.15, 0.2) is 0 Å². The largest absolute Gasteiger partial charge is 0.378 e. The summed E-state index contributed by atoms with van der Waals surface area (Å²) in [5.74, 6) is 0.171. The summed E-state index contributed by atoms with van der Waals surface area (Å²) in [4.78, 5) is 16.9. The number of fused-ring (bicyclic) bond motifs is 1. The highest BCUT2D eigenvalue weighted by Crippen LogP contribution is 2.45. The molecule has 1 aliphatic heterocycles. The molecule has 1 amide bonds. The smallest absolute Gasteiger partial charge is 0.271 e. The van der Waals surface area contributed by atoms with Gasteiger partial charge in [-0.1, -0.05) is 31.5 Å². The molecule has 1 atom stereocenters. The monoisotopic (exact) mass is 440 g/mol. The molecule has 3 rings (SSSR count). The van der Waals surface area contributed by atoms with Crippen LogP contribution in [-0.4, -0.2) is 38.3 Å². The minimum absolute atomic E-state index is 0.0937. The van der Waals surface area contributed by atoms with Crippen LogP contribution in [0.5, 0.6) is 0 Å². The lowest BCUT2D eigenvalue weighted by Gasteiger charge is -2.47. The summed E-state index contributed by atoms with van der Waals surface area (Å²) >= 11 is 6.62. The summed E-state index contributed by atoms with van der Waals surface area (Å²) < 4.78 is 0. The number of nitrogens with zero attached hydrogens (tertiary/aromatic N) is 3. The van der Waals surface area contributed by atoms with E-state index in [1.807, 2.05) is 43.3 Å². The second-order valence-electron chi connectivity index (χ2n) is 9.15. The van der Waals surface area contributed by atoms with Crippen LogP contribution in [0.15, 0.2) is 41.5 Å². The van der Waals surface area contributed by atoms with Crippen molar-refractivity contribution in [3.63, 3.8) is 0 Å². The lowest BCUT2D eigenvalue weighted by Crippen LogP contribution is -2.48. The van der Waals surface area contributed by atoms with Gasteiger partial charge in [-0.05, 0) is 68.5 Å². The van der Waals surface area contributed by atoms with Gasteiger partial charge in [0.2, 0.25) is 0 Å². The quantitative estimate of drug-likeness (QED) is 0.464. The summed E-state index contributed by atoms with van der Waals surface area (Å²) in [5, 5.41) is 4.81. The van der Waals surface area contributed by atoms with Gasteiger partial charge in [-0.2, -0.15) is 5.10 Å². The molecule has 1 heterocycles. The van der Waals surface area contributed by atoms with Gasteiger partial charge in [-0.25, -0.2) is 5.43 Å². The van der Waals surface area contributed by atoms with E-state index < -0.39 is 0 Å². The van der Waals surface area contributed by atoms with Crippen LogP contribution in [0.1, 0.15) is 67.9 Å². The zero-order valence-corrected chi connectivity index (χ0v) is 20.1. The van der Waals surface area contributed by atoms with E-state index >= 15 is 0 Å². The molecule has 31 heavy (non-hydrogen) atoms. The third-order valence-corrected chi connectivity index (χ3v) is 6.27. The van der Waals surface area contributed by atoms with Crippen LogP contribution in [-0.2, 0) is 0 Å². The molecule has 1 unspecified atom stereocenters. The highest BCUT2D eigenvalue weighted by atomic mass is 35.5. The van der Waals surface area contributed by atoms with E-state index in [0.717, 1.165) is 30.6 Å². The molecule has 166 valence electrons. The molecule has 1 aliphatic rings. The van der Waals surface area contributed by atoms with Crippen LogP contribution >= 0.6 is 11.6 Å². The molecular formula is C25H33ClN4O. The van der Waals surface area contributed by atoms with Gasteiger partial charge in [-0.3, -0.25) is 4.79 Å². The molecule has 0 aromatic heterocycles. The number of rotatable bonds is 6. The van der Waals surface area contributed by atoms with Crippen molar-refractivity contribution in [3.05, 3.63) is 58.1 Å². The number of benzene rings is 2. The van der Waals surface area contributed by atoms with Gasteiger partial charge in [0, 0.05) is 48.7 Å². The maximum atomic E-state index is 12.5. The number of amides is 1. The Labute approximate surface area is 191 Å². The van der Waals surface area contributed by atoms with Crippen LogP contribution in [0.3, 0.4) is 0 Å². The number of hydrogen-bond donors (Lipinski definition) is 1. The SMILES string of the molecule is CCCN1c2cc(Cl)c(/C=N\NC(=O)c3cccc(N(C)C)c3)cc2C(C)CC1(C)C. The Morgan fingerprint density at radius 1 is 1.32 bits per heavy atom. The van der Waals surface area contributed by atoms with Gasteiger partial charge in [-0.15, -0.1) is 0 Å². The molecule has 0 aliphatic carbocycles. The molecule has 0 radical (unpaired) electrons. The van der Waals surface area contributed by atoms with Crippen LogP contribution < -0.4 is 15.2 Å². The van der Waals surface area contributed by atoms with Crippen molar-refractivity contribution in [2.75, 3.05) is 30.4 Å². The zero-order chi connectivity index (χ0) is 22.8. The lowest BCUT2D eigenvalue weighted by molar-refractivity contribution is 0.0955. The summed E-state index contributed by atoms with van der Waals surface area (Å²) in [6.07, 6.45) is 3.79. The third kappa shape index (κ3) is 5.04. The molecule has 2 aromatic rings. The molecule has 1 N–H and O–H groups in total. The van der Waals surface area contributed by atoms with Crippen molar-refractivity contribution in [2.45, 2.75) is 52.0 Å². The number of carbonyl (C=O) groups excluding carboxylic acids is 1. The molecule has 2 aromatic carbocycles. The number of hydrazone groups is 1. The van der Waals surface area contributed by atoms with Crippen molar-refractivity contribution >= 4 is 35.1 Å². The first-order valence-electron chi connectivity index (χ1n) is 10.9. The molecule has 0 spiro atoms. The molecule has 6 heteroatoms. The Balaban J connectivity index is 1.82. The third-order valence-electron chi connectivity index (χ3n) is 5.95. The van der Waals surface area contributed by atoms with Crippen LogP contribution in [0.2, 0.25) is 5.02 Å². The van der Waals surface area contributed by atoms with E-state index in [9.17, 15) is 4.79 Å². The van der Waals surface area contributed by atoms with Gasteiger partial charge < -0.3 is 9.80 Å². The lowest BCUT2D eigenvalue weighted by atomic mass is 9.79. The van der Waals surface area contributed by atoms with Crippen LogP contribution in [0.4, 0.5) is 11.4 Å². The fraction of sp³-hybridized carbons (Fsp3) is 0.440. The number of halogens is 1. The van der Waals surface area contributed by atoms with E-state index in [-0.39, 0.29) is 11.4 Å². The predicted molar refractivity (Wildman–Crippen MR) is 132 cm³/mol. The standard InChI is InChI=1S/C25H33ClN4O/c1-7-11-30-23-14-22(26)19(13-21(23)17(2)15-25(30,3)4)16-27-28-24(31)18-9-8-10-20(12-18)29(5)6/h8-10,12-14,16-17H,7,11,15H2,1-6H3,(H,28,31)/b27-16-. The average molecular weight is 441 g/mol. The number of nitrogens with one attached hydrogen (secondary N) is 1. The maximum Gasteiger partial charge on any atom is 0.271 e. The van der Waals surface area contributed by atoms with Crippen LogP contribution in [0.25, 0.3) is 0 Å². The number of hydrogen-bond acceptors (Lipinski definition) is 4. The Hall–Kier alpha value is -2.53. The van der Waals surface area contributed by atoms with E-state index in [1.54, 1.807) is 12.3 Å². The second kappa shape index (κ2) is 9.31. The summed E-state index contributed by atoms with van der Waals surface area (Å²) in [6.45, 7) is 10.1. The highest BCUT2D eigenvalue weighted by Gasteiger charge is 2.36. The van der Waals surface area contributed by atoms with Gasteiger partial charge in [0.25, 0.3) is 5.91 Å². The second-order valence-corrected chi connectivity index (χ2v) is 9.55. The molecule has 5 nitrogen and oxygen atoms in total. The van der Waals surface area contributed by atoms with Crippen molar-refractivity contribution in [1.82, 2.24) is 5.43 Å². The van der Waals surface area contributed by atoms with Gasteiger partial charge in [0.1, 0.15) is 0 Å². The molecule has 0 fully saturated rings. The Kier molecular flexibility index (Phi) is 6.95. The molecular weight excluding hydrogens is 408 g/mol. The summed E-state index contributed by atoms with van der Waals surface area (Å²) in [7, 11) is 3.88. The van der Waals surface area contributed by atoms with E-state index in [4.69, 9.17) is 11.6 Å². The van der Waals surface area contributed by atoms with E-state index in [0.29, 0.717) is 16.5 Å². The Morgan fingerprint density at radius 3 is 2.74 bits per heavy atom. The molecule has 0 saturated carbocycles. The first kappa shape index (κ1) is 23.1. The van der Waals surface area contributed by atoms with Crippen molar-refractivity contribution in [2.24, 2.45) is 5.10 Å². The Morgan fingerprint density at radius 2 is 2.06 bits per heavy atom. The zero-order valence-electron chi connectivity index (χ0n) is 19.4. The molecule has 0 saturated heterocycles. The first-order chi connectivity index (χ1) is 14.6. The van der Waals surface area contributed by atoms with Crippen molar-refractivity contribution < 1.29 is 4.79 Å². The summed E-state index contributed by atoms with van der Waals surface area (Å²) in [6, 6.07) is 11.6. The number of anilines is 2. The van der Waals surface area contributed by atoms with Gasteiger partial charge in [0.05, 0.1) is 11.2 Å². The predicted octanol–water partition coefficient (Wildman–Crippen LogP) is 5.67. The van der Waals surface area contributed by atoms with Crippen molar-refractivity contribution in [1.29, 1.82) is 0 Å². The molecule has 0 bridgehead atoms. The topological polar surface area (TPSA) is 47.9 Å². The number of carbonyl (C=O) groups is 1. The van der Waals surface area contributed by atoms with E-state index in [1.165, 1.54) is 11.3 Å². The van der Waals surface area contributed by atoms with Gasteiger partial charge >= 0.3 is 0 Å². The normalized spacial score (nSPS) is 17.5. The maximum absolute atomic E-state index is 12.5. The van der Waals surface area contributed by atoms with E-state index in [2.05, 4.69) is 49.2 Å². The first-order valence-corrected chi connectivity index (χ1v) is 11.2. The minimum Gasteiger partial charge on any atom is -0.378 e. The van der Waals surface area contributed by atoms with Crippen molar-refractivity contribution in [3.8, 4) is 0 Å². The summed E-state index contributed by atoms with van der Waals surface area (Å²) in [5.41, 5.74) is 7.53. The fourth-order valence-electron chi connectivity index (χ4n) is 4.42. The highest BCUT2D eigenvalue weighted by molar-refractivity contribution is 6.33. The average Bonchev–Trinajstić information content (AvgIpc) is 2.71. The Bertz CT molecular complexity index is 983. The minimum atomic E-state index is -0.252.